The molecule has 0 bridgehead atoms. The van der Waals surface area contributed by atoms with Gasteiger partial charge >= 0.3 is 5.97 Å². The lowest BCUT2D eigenvalue weighted by Crippen LogP contribution is -2.38. The quantitative estimate of drug-likeness (QED) is 0.480. The Morgan fingerprint density at radius 2 is 1.24 bits per heavy atom. The van der Waals surface area contributed by atoms with Gasteiger partial charge in [0.1, 0.15) is 5.54 Å². The second-order valence-electron chi connectivity index (χ2n) is 6.84. The van der Waals surface area contributed by atoms with Gasteiger partial charge in [-0.3, -0.25) is 4.68 Å². The van der Waals surface area contributed by atoms with Crippen LogP contribution in [0, 0.1) is 0 Å². The van der Waals surface area contributed by atoms with Crippen molar-refractivity contribution in [2.45, 2.75) is 5.54 Å². The molecule has 0 saturated heterocycles. The minimum Gasteiger partial charge on any atom is -0.476 e. The van der Waals surface area contributed by atoms with Crippen LogP contribution in [0.15, 0.2) is 97.2 Å². The summed E-state index contributed by atoms with van der Waals surface area (Å²) in [5.74, 6) is -1.07. The Morgan fingerprint density at radius 3 is 1.62 bits per heavy atom. The summed E-state index contributed by atoms with van der Waals surface area (Å²) >= 11 is 0. The molecule has 0 saturated carbocycles. The van der Waals surface area contributed by atoms with Gasteiger partial charge in [-0.2, -0.15) is 5.10 Å². The molecule has 0 aliphatic heterocycles. The third-order valence-corrected chi connectivity index (χ3v) is 4.97. The highest BCUT2D eigenvalue weighted by Gasteiger charge is 2.37. The number of anilines is 1. The highest BCUT2D eigenvalue weighted by atomic mass is 16.4. The smallest absolute Gasteiger partial charge is 0.358 e. The van der Waals surface area contributed by atoms with Crippen molar-refractivity contribution < 1.29 is 9.90 Å². The van der Waals surface area contributed by atoms with Gasteiger partial charge in [0.25, 0.3) is 0 Å². The molecule has 0 fully saturated rings. The number of aromatic carboxylic acids is 1. The van der Waals surface area contributed by atoms with Gasteiger partial charge in [-0.15, -0.1) is 0 Å². The van der Waals surface area contributed by atoms with Crippen molar-refractivity contribution in [2.75, 3.05) is 5.32 Å². The molecule has 4 aromatic rings. The topological polar surface area (TPSA) is 67.2 Å². The lowest BCUT2D eigenvalue weighted by atomic mass is 9.77. The second kappa shape index (κ2) is 7.64. The van der Waals surface area contributed by atoms with Crippen LogP contribution in [0.3, 0.4) is 0 Å². The van der Waals surface area contributed by atoms with Gasteiger partial charge in [-0.05, 0) is 16.7 Å². The van der Waals surface area contributed by atoms with Crippen molar-refractivity contribution in [3.8, 4) is 0 Å². The number of nitrogens with zero attached hydrogens (tertiary/aromatic N) is 2. The van der Waals surface area contributed by atoms with Crippen LogP contribution in [0.4, 0.5) is 5.69 Å². The number of hydrogen-bond acceptors (Lipinski definition) is 3. The highest BCUT2D eigenvalue weighted by molar-refractivity contribution is 5.92. The number of carboxylic acid groups (broad SMARTS) is 1. The molecule has 0 aliphatic rings. The van der Waals surface area contributed by atoms with E-state index in [1.54, 1.807) is 13.2 Å². The van der Waals surface area contributed by atoms with Crippen LogP contribution in [0.25, 0.3) is 0 Å². The average molecular weight is 383 g/mol. The summed E-state index contributed by atoms with van der Waals surface area (Å²) in [7, 11) is 1.72. The predicted molar refractivity (Wildman–Crippen MR) is 113 cm³/mol. The van der Waals surface area contributed by atoms with Crippen LogP contribution in [0.1, 0.15) is 27.2 Å². The fourth-order valence-electron chi connectivity index (χ4n) is 3.72. The molecule has 1 heterocycles. The van der Waals surface area contributed by atoms with E-state index in [-0.39, 0.29) is 5.69 Å². The third-order valence-electron chi connectivity index (χ3n) is 4.97. The molecule has 5 nitrogen and oxygen atoms in total. The maximum Gasteiger partial charge on any atom is 0.358 e. The molecule has 0 spiro atoms. The molecule has 0 radical (unpaired) electrons. The molecular weight excluding hydrogens is 362 g/mol. The summed E-state index contributed by atoms with van der Waals surface area (Å²) in [5.41, 5.74) is 2.64. The molecular formula is C24H21N3O2. The summed E-state index contributed by atoms with van der Waals surface area (Å²) in [4.78, 5) is 11.8. The number of nitrogens with one attached hydrogen (secondary N) is 1. The molecule has 0 unspecified atom stereocenters. The van der Waals surface area contributed by atoms with Crippen molar-refractivity contribution in [3.63, 3.8) is 0 Å². The van der Waals surface area contributed by atoms with E-state index < -0.39 is 11.5 Å². The highest BCUT2D eigenvalue weighted by Crippen LogP contribution is 2.40. The average Bonchev–Trinajstić information content (AvgIpc) is 3.14. The fourth-order valence-corrected chi connectivity index (χ4v) is 3.72. The lowest BCUT2D eigenvalue weighted by molar-refractivity contribution is 0.0690. The van der Waals surface area contributed by atoms with E-state index in [0.717, 1.165) is 16.7 Å². The molecule has 3 aromatic carbocycles. The first-order chi connectivity index (χ1) is 14.1. The first-order valence-corrected chi connectivity index (χ1v) is 9.33. The maximum absolute atomic E-state index is 11.8. The van der Waals surface area contributed by atoms with Gasteiger partial charge in [-0.1, -0.05) is 91.0 Å². The molecule has 29 heavy (non-hydrogen) atoms. The van der Waals surface area contributed by atoms with Crippen LogP contribution in [-0.2, 0) is 12.6 Å². The van der Waals surface area contributed by atoms with Crippen LogP contribution >= 0.6 is 0 Å². The Kier molecular flexibility index (Phi) is 4.87. The van der Waals surface area contributed by atoms with Gasteiger partial charge in [0, 0.05) is 13.2 Å². The van der Waals surface area contributed by atoms with E-state index >= 15 is 0 Å². The summed E-state index contributed by atoms with van der Waals surface area (Å²) in [5, 5.41) is 17.3. The normalized spacial score (nSPS) is 11.2. The number of aryl methyl sites for hydroxylation is 1. The number of benzene rings is 3. The van der Waals surface area contributed by atoms with E-state index in [1.807, 2.05) is 91.0 Å². The molecule has 144 valence electrons. The number of rotatable bonds is 6. The van der Waals surface area contributed by atoms with E-state index in [4.69, 9.17) is 0 Å². The minimum absolute atomic E-state index is 0.0142. The van der Waals surface area contributed by atoms with Crippen molar-refractivity contribution in [1.29, 1.82) is 0 Å². The first kappa shape index (κ1) is 18.5. The summed E-state index contributed by atoms with van der Waals surface area (Å²) in [6.07, 6.45) is 1.70. The summed E-state index contributed by atoms with van der Waals surface area (Å²) in [6, 6.07) is 30.1. The second-order valence-corrected chi connectivity index (χ2v) is 6.84. The molecule has 4 rings (SSSR count). The van der Waals surface area contributed by atoms with E-state index in [1.165, 1.54) is 4.68 Å². The van der Waals surface area contributed by atoms with Crippen molar-refractivity contribution in [3.05, 3.63) is 120 Å². The van der Waals surface area contributed by atoms with Gasteiger partial charge in [0.05, 0.1) is 5.69 Å². The molecule has 0 amide bonds. The standard InChI is InChI=1S/C24H21N3O2/c1-27-17-21(22(26-27)23(28)29)25-24(18-11-5-2-6-12-18,19-13-7-3-8-14-19)20-15-9-4-10-16-20/h2-17,25H,1H3,(H,28,29). The van der Waals surface area contributed by atoms with Gasteiger partial charge in [-0.25, -0.2) is 4.79 Å². The van der Waals surface area contributed by atoms with Crippen LogP contribution < -0.4 is 5.32 Å². The lowest BCUT2D eigenvalue weighted by Gasteiger charge is -2.37. The van der Waals surface area contributed by atoms with Crippen LogP contribution in [0.5, 0.6) is 0 Å². The maximum atomic E-state index is 11.8. The monoisotopic (exact) mass is 383 g/mol. The SMILES string of the molecule is Cn1cc(NC(c2ccccc2)(c2ccccc2)c2ccccc2)c(C(=O)O)n1. The largest absolute Gasteiger partial charge is 0.476 e. The third kappa shape index (κ3) is 3.38. The number of carboxylic acids is 1. The van der Waals surface area contributed by atoms with Crippen molar-refractivity contribution >= 4 is 11.7 Å². The Labute approximate surface area is 169 Å². The van der Waals surface area contributed by atoms with E-state index in [2.05, 4.69) is 10.4 Å². The van der Waals surface area contributed by atoms with Crippen molar-refractivity contribution in [2.24, 2.45) is 7.05 Å². The number of aromatic nitrogens is 2. The Bertz CT molecular complexity index is 1010. The Balaban J connectivity index is 2.02. The fraction of sp³-hybridized carbons (Fsp3) is 0.0833. The summed E-state index contributed by atoms with van der Waals surface area (Å²) in [6.45, 7) is 0. The zero-order valence-corrected chi connectivity index (χ0v) is 16.0. The number of hydrogen-bond donors (Lipinski definition) is 2. The molecule has 0 atom stereocenters. The zero-order valence-electron chi connectivity index (χ0n) is 16.0. The molecule has 1 aromatic heterocycles. The molecule has 0 aliphatic carbocycles. The van der Waals surface area contributed by atoms with Gasteiger partial charge in [0.15, 0.2) is 5.69 Å². The number of carbonyl (C=O) groups is 1. The predicted octanol–water partition coefficient (Wildman–Crippen LogP) is 4.52. The van der Waals surface area contributed by atoms with Crippen molar-refractivity contribution in [1.82, 2.24) is 9.78 Å². The van der Waals surface area contributed by atoms with E-state index in [9.17, 15) is 9.90 Å². The molecule has 2 N–H and O–H groups in total. The summed E-state index contributed by atoms with van der Waals surface area (Å²) < 4.78 is 1.51. The van der Waals surface area contributed by atoms with Crippen LogP contribution in [0.2, 0.25) is 0 Å². The first-order valence-electron chi connectivity index (χ1n) is 9.33. The zero-order chi connectivity index (χ0) is 20.3. The Morgan fingerprint density at radius 1 is 0.828 bits per heavy atom. The van der Waals surface area contributed by atoms with Crippen LogP contribution in [-0.4, -0.2) is 20.9 Å². The van der Waals surface area contributed by atoms with E-state index in [0.29, 0.717) is 5.69 Å². The molecule has 5 heteroatoms. The van der Waals surface area contributed by atoms with Gasteiger partial charge in [0.2, 0.25) is 0 Å². The van der Waals surface area contributed by atoms with Gasteiger partial charge < -0.3 is 10.4 Å². The Hall–Kier alpha value is -3.86. The minimum atomic E-state index is -1.07.